The molecule has 72 valence electrons. The molecule has 0 saturated carbocycles. The molecule has 0 atom stereocenters. The molecule has 0 unspecified atom stereocenters. The van der Waals surface area contributed by atoms with Crippen LogP contribution in [0.2, 0.25) is 0 Å². The maximum Gasteiger partial charge on any atom is 0.338 e. The van der Waals surface area contributed by atoms with Crippen molar-refractivity contribution in [2.45, 2.75) is 6.04 Å². The monoisotopic (exact) mass is 190 g/mol. The van der Waals surface area contributed by atoms with Crippen molar-refractivity contribution in [3.05, 3.63) is 0 Å². The molecule has 5 N–H and O–H groups in total. The number of nitrogens with one attached hydrogen (secondary N) is 1. The summed E-state index contributed by atoms with van der Waals surface area (Å²) >= 11 is 0. The highest BCUT2D eigenvalue weighted by Gasteiger charge is 2.28. The van der Waals surface area contributed by atoms with Crippen LogP contribution in [0.4, 0.5) is 0 Å². The van der Waals surface area contributed by atoms with Crippen LogP contribution in [0.5, 0.6) is 0 Å². The van der Waals surface area contributed by atoms with Crippen molar-refractivity contribution < 1.29 is 29.4 Å². The van der Waals surface area contributed by atoms with Crippen LogP contribution in [0.1, 0.15) is 0 Å². The Morgan fingerprint density at radius 3 is 1.69 bits per heavy atom. The Morgan fingerprint density at radius 1 is 1.08 bits per heavy atom. The summed E-state index contributed by atoms with van der Waals surface area (Å²) in [4.78, 5) is 40.9. The number of nitrogens with two attached hydrogens (primary N) is 1. The lowest BCUT2D eigenvalue weighted by molar-refractivity contribution is -0.153. The number of amides is 2. The van der Waals surface area contributed by atoms with Gasteiger partial charge in [0.1, 0.15) is 0 Å². The summed E-state index contributed by atoms with van der Waals surface area (Å²) in [6.07, 6.45) is 0. The third-order valence-corrected chi connectivity index (χ3v) is 0.993. The molecule has 0 aromatic rings. The fraction of sp³-hybridized carbons (Fsp3) is 0.200. The Morgan fingerprint density at radius 2 is 1.46 bits per heavy atom. The second-order valence-corrected chi connectivity index (χ2v) is 1.95. The third-order valence-electron chi connectivity index (χ3n) is 0.993. The van der Waals surface area contributed by atoms with Crippen LogP contribution in [0.3, 0.4) is 0 Å². The highest BCUT2D eigenvalue weighted by Crippen LogP contribution is 1.84. The maximum atomic E-state index is 10.4. The molecule has 0 rings (SSSR count). The summed E-state index contributed by atoms with van der Waals surface area (Å²) < 4.78 is 0. The van der Waals surface area contributed by atoms with Crippen LogP contribution in [0, 0.1) is 0 Å². The third kappa shape index (κ3) is 3.18. The van der Waals surface area contributed by atoms with E-state index in [1.54, 1.807) is 0 Å². The Labute approximate surface area is 71.3 Å². The Kier molecular flexibility index (Phi) is 3.38. The van der Waals surface area contributed by atoms with Crippen molar-refractivity contribution in [2.75, 3.05) is 0 Å². The topological polar surface area (TPSA) is 147 Å². The van der Waals surface area contributed by atoms with Gasteiger partial charge in [-0.3, -0.25) is 9.59 Å². The Hall–Kier alpha value is -2.12. The molecule has 0 bridgehead atoms. The number of hydrogen-bond donors (Lipinski definition) is 4. The Bertz CT molecular complexity index is 258. The van der Waals surface area contributed by atoms with E-state index in [0.29, 0.717) is 0 Å². The van der Waals surface area contributed by atoms with Gasteiger partial charge in [0, 0.05) is 0 Å². The number of rotatable bonds is 3. The first kappa shape index (κ1) is 10.9. The van der Waals surface area contributed by atoms with Crippen LogP contribution >= 0.6 is 0 Å². The predicted octanol–water partition coefficient (Wildman–Crippen LogP) is -2.87. The van der Waals surface area contributed by atoms with E-state index in [9.17, 15) is 19.2 Å². The molecule has 0 aliphatic heterocycles. The van der Waals surface area contributed by atoms with Gasteiger partial charge in [-0.1, -0.05) is 0 Å². The first-order chi connectivity index (χ1) is 5.86. The number of carboxylic acid groups (broad SMARTS) is 2. The van der Waals surface area contributed by atoms with E-state index in [-0.39, 0.29) is 0 Å². The second-order valence-electron chi connectivity index (χ2n) is 1.95. The molecular formula is C5H6N2O6. The van der Waals surface area contributed by atoms with Crippen LogP contribution in [-0.4, -0.2) is 40.0 Å². The summed E-state index contributed by atoms with van der Waals surface area (Å²) in [5.74, 6) is -6.49. The van der Waals surface area contributed by atoms with E-state index in [0.717, 1.165) is 0 Å². The molecule has 8 heteroatoms. The average molecular weight is 190 g/mol. The number of carbonyl (C=O) groups excluding carboxylic acids is 2. The molecule has 0 spiro atoms. The summed E-state index contributed by atoms with van der Waals surface area (Å²) in [6.45, 7) is 0. The largest absolute Gasteiger partial charge is 0.479 e. The minimum atomic E-state index is -2.17. The van der Waals surface area contributed by atoms with E-state index in [1.165, 1.54) is 5.32 Å². The van der Waals surface area contributed by atoms with Gasteiger partial charge in [0.2, 0.25) is 6.04 Å². The summed E-state index contributed by atoms with van der Waals surface area (Å²) in [6, 6.07) is -2.17. The Balaban J connectivity index is 4.45. The molecular weight excluding hydrogens is 184 g/mol. The second kappa shape index (κ2) is 4.04. The minimum Gasteiger partial charge on any atom is -0.479 e. The van der Waals surface area contributed by atoms with Crippen LogP contribution in [0.25, 0.3) is 0 Å². The van der Waals surface area contributed by atoms with Crippen molar-refractivity contribution in [3.63, 3.8) is 0 Å². The highest BCUT2D eigenvalue weighted by molar-refractivity contribution is 6.35. The molecule has 0 heterocycles. The fourth-order valence-corrected chi connectivity index (χ4v) is 0.431. The van der Waals surface area contributed by atoms with Crippen molar-refractivity contribution in [3.8, 4) is 0 Å². The van der Waals surface area contributed by atoms with Crippen LogP contribution in [-0.2, 0) is 19.2 Å². The average Bonchev–Trinajstić information content (AvgIpc) is 1.97. The predicted molar refractivity (Wildman–Crippen MR) is 36.4 cm³/mol. The van der Waals surface area contributed by atoms with Crippen molar-refractivity contribution in [2.24, 2.45) is 5.73 Å². The van der Waals surface area contributed by atoms with E-state index < -0.39 is 29.8 Å². The molecule has 0 saturated heterocycles. The molecule has 2 amide bonds. The lowest BCUT2D eigenvalue weighted by Crippen LogP contribution is -2.50. The van der Waals surface area contributed by atoms with Gasteiger partial charge in [-0.15, -0.1) is 0 Å². The lowest BCUT2D eigenvalue weighted by Gasteiger charge is -2.07. The SMILES string of the molecule is NC(=O)C(=O)NC(C(=O)O)C(=O)O. The molecule has 0 aromatic heterocycles. The zero-order valence-corrected chi connectivity index (χ0v) is 6.18. The zero-order chi connectivity index (χ0) is 10.6. The van der Waals surface area contributed by atoms with Crippen LogP contribution < -0.4 is 11.1 Å². The highest BCUT2D eigenvalue weighted by atomic mass is 16.4. The van der Waals surface area contributed by atoms with Crippen molar-refractivity contribution >= 4 is 23.8 Å². The standard InChI is InChI=1S/C5H6N2O6/c6-2(8)3(9)7-1(4(10)11)5(12)13/h1H,(H2,6,8)(H,7,9)(H,10,11)(H,12,13). The normalized spacial score (nSPS) is 9.31. The van der Waals surface area contributed by atoms with Gasteiger partial charge >= 0.3 is 23.8 Å². The van der Waals surface area contributed by atoms with Gasteiger partial charge in [-0.2, -0.15) is 0 Å². The first-order valence-corrected chi connectivity index (χ1v) is 2.92. The number of primary amides is 1. The minimum absolute atomic E-state index is 1.40. The van der Waals surface area contributed by atoms with E-state index in [1.807, 2.05) is 0 Å². The smallest absolute Gasteiger partial charge is 0.338 e. The van der Waals surface area contributed by atoms with Gasteiger partial charge < -0.3 is 21.3 Å². The molecule has 0 radical (unpaired) electrons. The maximum absolute atomic E-state index is 10.4. The van der Waals surface area contributed by atoms with E-state index >= 15 is 0 Å². The zero-order valence-electron chi connectivity index (χ0n) is 6.18. The quantitative estimate of drug-likeness (QED) is 0.277. The van der Waals surface area contributed by atoms with E-state index in [2.05, 4.69) is 5.73 Å². The summed E-state index contributed by atoms with van der Waals surface area (Å²) in [5.41, 5.74) is 4.45. The molecule has 0 aliphatic rings. The van der Waals surface area contributed by atoms with Crippen molar-refractivity contribution in [1.82, 2.24) is 5.32 Å². The first-order valence-electron chi connectivity index (χ1n) is 2.92. The van der Waals surface area contributed by atoms with E-state index in [4.69, 9.17) is 10.2 Å². The molecule has 8 nitrogen and oxygen atoms in total. The fourth-order valence-electron chi connectivity index (χ4n) is 0.431. The number of aliphatic carboxylic acids is 2. The molecule has 0 aliphatic carbocycles. The lowest BCUT2D eigenvalue weighted by atomic mass is 10.3. The molecule has 13 heavy (non-hydrogen) atoms. The molecule has 0 fully saturated rings. The van der Waals surface area contributed by atoms with Crippen LogP contribution in [0.15, 0.2) is 0 Å². The van der Waals surface area contributed by atoms with Gasteiger partial charge in [0.25, 0.3) is 0 Å². The number of hydrogen-bond acceptors (Lipinski definition) is 4. The van der Waals surface area contributed by atoms with Gasteiger partial charge in [0.15, 0.2) is 0 Å². The van der Waals surface area contributed by atoms with Gasteiger partial charge in [0.05, 0.1) is 0 Å². The van der Waals surface area contributed by atoms with Gasteiger partial charge in [-0.25, -0.2) is 9.59 Å². The number of carboxylic acids is 2. The summed E-state index contributed by atoms with van der Waals surface area (Å²) in [5, 5.41) is 17.9. The molecule has 0 aromatic carbocycles. The van der Waals surface area contributed by atoms with Crippen molar-refractivity contribution in [1.29, 1.82) is 0 Å². The summed E-state index contributed by atoms with van der Waals surface area (Å²) in [7, 11) is 0. The number of carbonyl (C=O) groups is 4. The van der Waals surface area contributed by atoms with Gasteiger partial charge in [-0.05, 0) is 0 Å².